The molecular formula is C19H26N2O. The maximum absolute atomic E-state index is 12.8. The van der Waals surface area contributed by atoms with E-state index < -0.39 is 0 Å². The van der Waals surface area contributed by atoms with Gasteiger partial charge in [-0.2, -0.15) is 0 Å². The molecule has 0 spiro atoms. The molecule has 3 heteroatoms. The molecule has 0 N–H and O–H groups in total. The van der Waals surface area contributed by atoms with Crippen molar-refractivity contribution in [3.8, 4) is 0 Å². The van der Waals surface area contributed by atoms with Gasteiger partial charge in [0.2, 0.25) is 5.91 Å². The fraction of sp³-hybridized carbons (Fsp3) is 0.632. The van der Waals surface area contributed by atoms with Gasteiger partial charge in [0.05, 0.1) is 0 Å². The predicted molar refractivity (Wildman–Crippen MR) is 89.1 cm³/mol. The molecule has 3 heterocycles. The van der Waals surface area contributed by atoms with Gasteiger partial charge in [-0.25, -0.2) is 0 Å². The van der Waals surface area contributed by atoms with E-state index in [9.17, 15) is 4.79 Å². The Balaban J connectivity index is 1.47. The Kier molecular flexibility index (Phi) is 3.59. The van der Waals surface area contributed by atoms with Gasteiger partial charge < -0.3 is 9.80 Å². The number of amides is 1. The Morgan fingerprint density at radius 3 is 2.36 bits per heavy atom. The summed E-state index contributed by atoms with van der Waals surface area (Å²) in [6.45, 7) is 3.00. The molecule has 22 heavy (non-hydrogen) atoms. The molecule has 1 unspecified atom stereocenters. The number of carbonyl (C=O) groups excluding carboxylic acids is 1. The second kappa shape index (κ2) is 5.60. The van der Waals surface area contributed by atoms with E-state index in [0.29, 0.717) is 18.2 Å². The molecule has 118 valence electrons. The molecule has 1 saturated carbocycles. The predicted octanol–water partition coefficient (Wildman–Crippen LogP) is 3.26. The zero-order valence-electron chi connectivity index (χ0n) is 13.5. The molecule has 0 radical (unpaired) electrons. The maximum atomic E-state index is 12.8. The Bertz CT molecular complexity index is 548. The van der Waals surface area contributed by atoms with Gasteiger partial charge >= 0.3 is 0 Å². The number of benzene rings is 1. The monoisotopic (exact) mass is 298 g/mol. The zero-order chi connectivity index (χ0) is 15.1. The molecular weight excluding hydrogens is 272 g/mol. The fourth-order valence-electron chi connectivity index (χ4n) is 4.72. The van der Waals surface area contributed by atoms with Crippen molar-refractivity contribution in [2.75, 3.05) is 31.6 Å². The average Bonchev–Trinajstić information content (AvgIpc) is 2.73. The highest BCUT2D eigenvalue weighted by atomic mass is 16.2. The highest BCUT2D eigenvalue weighted by molar-refractivity contribution is 5.78. The average molecular weight is 298 g/mol. The van der Waals surface area contributed by atoms with Crippen molar-refractivity contribution in [2.24, 2.45) is 11.8 Å². The number of hydrogen-bond acceptors (Lipinski definition) is 2. The molecule has 1 aliphatic carbocycles. The summed E-state index contributed by atoms with van der Waals surface area (Å²) in [6, 6.07) is 8.56. The third-order valence-electron chi connectivity index (χ3n) is 5.98. The molecule has 2 saturated heterocycles. The first-order valence-corrected chi connectivity index (χ1v) is 8.78. The van der Waals surface area contributed by atoms with Gasteiger partial charge in [0.15, 0.2) is 0 Å². The van der Waals surface area contributed by atoms with Crippen LogP contribution < -0.4 is 4.90 Å². The lowest BCUT2D eigenvalue weighted by atomic mass is 9.84. The lowest BCUT2D eigenvalue weighted by Gasteiger charge is -2.24. The molecule has 0 aromatic heterocycles. The van der Waals surface area contributed by atoms with Gasteiger partial charge in [-0.1, -0.05) is 18.2 Å². The largest absolute Gasteiger partial charge is 0.374 e. The first-order valence-electron chi connectivity index (χ1n) is 8.78. The van der Waals surface area contributed by atoms with Crippen LogP contribution in [0.2, 0.25) is 0 Å². The summed E-state index contributed by atoms with van der Waals surface area (Å²) in [5, 5.41) is 0. The molecule has 3 nitrogen and oxygen atoms in total. The molecule has 1 atom stereocenters. The summed E-state index contributed by atoms with van der Waals surface area (Å²) in [5.74, 6) is 2.28. The summed E-state index contributed by atoms with van der Waals surface area (Å²) < 4.78 is 0. The first kappa shape index (κ1) is 14.1. The molecule has 5 rings (SSSR count). The van der Waals surface area contributed by atoms with E-state index in [4.69, 9.17) is 0 Å². The smallest absolute Gasteiger partial charge is 0.223 e. The highest BCUT2D eigenvalue weighted by Crippen LogP contribution is 2.38. The van der Waals surface area contributed by atoms with Crippen LogP contribution in [-0.2, 0) is 4.79 Å². The van der Waals surface area contributed by atoms with Crippen molar-refractivity contribution < 1.29 is 4.79 Å². The van der Waals surface area contributed by atoms with Crippen molar-refractivity contribution in [1.29, 1.82) is 0 Å². The van der Waals surface area contributed by atoms with Crippen molar-refractivity contribution in [2.45, 2.75) is 38.0 Å². The summed E-state index contributed by atoms with van der Waals surface area (Å²) in [6.07, 6.45) is 6.03. The van der Waals surface area contributed by atoms with Gasteiger partial charge in [-0.15, -0.1) is 0 Å². The van der Waals surface area contributed by atoms with Crippen LogP contribution in [0.15, 0.2) is 24.3 Å². The highest BCUT2D eigenvalue weighted by Gasteiger charge is 2.34. The summed E-state index contributed by atoms with van der Waals surface area (Å²) in [4.78, 5) is 17.3. The van der Waals surface area contributed by atoms with Crippen LogP contribution in [0.3, 0.4) is 0 Å². The molecule has 3 aliphatic heterocycles. The molecule has 1 aromatic rings. The maximum Gasteiger partial charge on any atom is 0.223 e. The van der Waals surface area contributed by atoms with Crippen LogP contribution in [0.5, 0.6) is 0 Å². The Hall–Kier alpha value is -1.51. The first-order chi connectivity index (χ1) is 10.7. The van der Waals surface area contributed by atoms with Crippen LogP contribution in [0.1, 0.15) is 43.6 Å². The third-order valence-corrected chi connectivity index (χ3v) is 5.98. The number of fused-ring (bicyclic) bond motifs is 5. The quantitative estimate of drug-likeness (QED) is 0.836. The number of carbonyl (C=O) groups is 1. The van der Waals surface area contributed by atoms with E-state index in [1.807, 2.05) is 0 Å². The molecule has 4 aliphatic rings. The normalized spacial score (nSPS) is 30.3. The van der Waals surface area contributed by atoms with Crippen LogP contribution in [0.4, 0.5) is 5.69 Å². The zero-order valence-corrected chi connectivity index (χ0v) is 13.5. The van der Waals surface area contributed by atoms with Gasteiger partial charge in [-0.3, -0.25) is 4.79 Å². The van der Waals surface area contributed by atoms with Crippen LogP contribution in [0, 0.1) is 11.8 Å². The third kappa shape index (κ3) is 2.51. The van der Waals surface area contributed by atoms with E-state index in [2.05, 4.69) is 41.1 Å². The lowest BCUT2D eigenvalue weighted by molar-refractivity contribution is -0.132. The second-order valence-corrected chi connectivity index (χ2v) is 7.53. The summed E-state index contributed by atoms with van der Waals surface area (Å²) in [7, 11) is 2.13. The van der Waals surface area contributed by atoms with Gasteiger partial charge in [-0.05, 0) is 49.1 Å². The van der Waals surface area contributed by atoms with Crippen LogP contribution in [-0.4, -0.2) is 37.5 Å². The van der Waals surface area contributed by atoms with E-state index >= 15 is 0 Å². The minimum Gasteiger partial charge on any atom is -0.374 e. The van der Waals surface area contributed by atoms with Gasteiger partial charge in [0.25, 0.3) is 0 Å². The van der Waals surface area contributed by atoms with Crippen LogP contribution >= 0.6 is 0 Å². The van der Waals surface area contributed by atoms with Gasteiger partial charge in [0, 0.05) is 44.7 Å². The Labute approximate surface area is 133 Å². The Morgan fingerprint density at radius 1 is 1.05 bits per heavy atom. The number of nitrogens with zero attached hydrogens (tertiary/aromatic N) is 2. The van der Waals surface area contributed by atoms with Crippen LogP contribution in [0.25, 0.3) is 0 Å². The fourth-order valence-corrected chi connectivity index (χ4v) is 4.72. The molecule has 1 aromatic carbocycles. The van der Waals surface area contributed by atoms with Crippen molar-refractivity contribution in [3.05, 3.63) is 29.8 Å². The standard InChI is InChI=1S/C19H26N2O/c1-20-13-16(17-4-2-3-5-18(17)20)10-19(22)21-11-14-6-7-15(12-21)9-8-14/h2-5,14-16H,6-13H2,1H3. The number of rotatable bonds is 2. The topological polar surface area (TPSA) is 23.6 Å². The second-order valence-electron chi connectivity index (χ2n) is 7.53. The molecule has 1 amide bonds. The number of hydrogen-bond donors (Lipinski definition) is 0. The van der Waals surface area contributed by atoms with E-state index in [1.54, 1.807) is 0 Å². The minimum absolute atomic E-state index is 0.370. The van der Waals surface area contributed by atoms with Gasteiger partial charge in [0.1, 0.15) is 0 Å². The van der Waals surface area contributed by atoms with E-state index in [-0.39, 0.29) is 0 Å². The van der Waals surface area contributed by atoms with E-state index in [0.717, 1.165) is 31.5 Å². The van der Waals surface area contributed by atoms with Crippen molar-refractivity contribution >= 4 is 11.6 Å². The summed E-state index contributed by atoms with van der Waals surface area (Å²) in [5.41, 5.74) is 2.66. The summed E-state index contributed by atoms with van der Waals surface area (Å²) >= 11 is 0. The number of para-hydroxylation sites is 1. The number of likely N-dealkylation sites (N-methyl/N-ethyl adjacent to an activating group) is 1. The molecule has 2 bridgehead atoms. The Morgan fingerprint density at radius 2 is 1.68 bits per heavy atom. The SMILES string of the molecule is CN1CC(CC(=O)N2CC3CCC(CC3)C2)c2ccccc21. The minimum atomic E-state index is 0.370. The van der Waals surface area contributed by atoms with Crippen molar-refractivity contribution in [3.63, 3.8) is 0 Å². The van der Waals surface area contributed by atoms with E-state index in [1.165, 1.54) is 36.9 Å². The number of anilines is 1. The molecule has 3 fully saturated rings. The lowest BCUT2D eigenvalue weighted by Crippen LogP contribution is -2.36. The van der Waals surface area contributed by atoms with Crippen molar-refractivity contribution in [1.82, 2.24) is 4.90 Å².